The molecule has 2 N–H and O–H groups in total. The van der Waals surface area contributed by atoms with Gasteiger partial charge in [0.15, 0.2) is 6.10 Å². The van der Waals surface area contributed by atoms with Crippen molar-refractivity contribution in [3.8, 4) is 0 Å². The van der Waals surface area contributed by atoms with E-state index in [9.17, 15) is 9.59 Å². The Bertz CT molecular complexity index is 600. The number of benzene rings is 1. The summed E-state index contributed by atoms with van der Waals surface area (Å²) in [5, 5.41) is 12.5. The van der Waals surface area contributed by atoms with Crippen molar-refractivity contribution in [2.75, 3.05) is 6.54 Å². The zero-order valence-electron chi connectivity index (χ0n) is 12.0. The minimum absolute atomic E-state index is 0.0363. The summed E-state index contributed by atoms with van der Waals surface area (Å²) in [5.74, 6) is -1.23. The van der Waals surface area contributed by atoms with E-state index < -0.39 is 18.2 Å². The lowest BCUT2D eigenvalue weighted by Crippen LogP contribution is -2.39. The van der Waals surface area contributed by atoms with Gasteiger partial charge >= 0.3 is 5.97 Å². The third-order valence-corrected chi connectivity index (χ3v) is 4.71. The first-order valence-electron chi connectivity index (χ1n) is 7.42. The van der Waals surface area contributed by atoms with Gasteiger partial charge < -0.3 is 15.2 Å². The number of ether oxygens (including phenoxy) is 1. The van der Waals surface area contributed by atoms with Gasteiger partial charge in [-0.25, -0.2) is 4.79 Å². The highest BCUT2D eigenvalue weighted by atomic mass is 35.5. The number of aliphatic carboxylic acids is 1. The Hall–Kier alpha value is -1.59. The molecular weight excluding hydrogens is 306 g/mol. The minimum Gasteiger partial charge on any atom is -0.479 e. The maximum Gasteiger partial charge on any atom is 0.332 e. The zero-order valence-corrected chi connectivity index (χ0v) is 12.8. The number of hydrogen-bond donors (Lipinski definition) is 2. The third kappa shape index (κ3) is 3.10. The second-order valence-electron chi connectivity index (χ2n) is 6.04. The van der Waals surface area contributed by atoms with Crippen molar-refractivity contribution in [3.05, 3.63) is 34.9 Å². The predicted octanol–water partition coefficient (Wildman–Crippen LogP) is 2.12. The molecule has 5 nitrogen and oxygen atoms in total. The van der Waals surface area contributed by atoms with Crippen LogP contribution >= 0.6 is 11.6 Å². The molecule has 1 aromatic carbocycles. The summed E-state index contributed by atoms with van der Waals surface area (Å²) in [6.07, 6.45) is 1.34. The first kappa shape index (κ1) is 15.3. The van der Waals surface area contributed by atoms with E-state index in [4.69, 9.17) is 21.4 Å². The Kier molecular flexibility index (Phi) is 4.10. The molecule has 0 aromatic heterocycles. The molecule has 1 aliphatic heterocycles. The van der Waals surface area contributed by atoms with Crippen molar-refractivity contribution in [3.63, 3.8) is 0 Å². The SMILES string of the molecule is O=C(NCC1(c2cccc(Cl)c2)CC1)[C@@H]1CC[C@H](C(=O)O)O1. The van der Waals surface area contributed by atoms with Crippen LogP contribution in [0.15, 0.2) is 24.3 Å². The normalized spacial score (nSPS) is 25.7. The van der Waals surface area contributed by atoms with Crippen molar-refractivity contribution >= 4 is 23.5 Å². The Labute approximate surface area is 133 Å². The van der Waals surface area contributed by atoms with Gasteiger partial charge in [0.25, 0.3) is 0 Å². The standard InChI is InChI=1S/C16H18ClNO4/c17-11-3-1-2-10(8-11)16(6-7-16)9-18-14(19)12-4-5-13(22-12)15(20)21/h1-3,8,12-13H,4-7,9H2,(H,18,19)(H,20,21)/t12-,13+/m0/s1. The summed E-state index contributed by atoms with van der Waals surface area (Å²) in [6, 6.07) is 7.71. The number of halogens is 1. The van der Waals surface area contributed by atoms with Gasteiger partial charge in [0.1, 0.15) is 6.10 Å². The second kappa shape index (κ2) is 5.89. The van der Waals surface area contributed by atoms with E-state index in [0.717, 1.165) is 18.4 Å². The summed E-state index contributed by atoms with van der Waals surface area (Å²) in [7, 11) is 0. The highest BCUT2D eigenvalue weighted by Crippen LogP contribution is 2.48. The summed E-state index contributed by atoms with van der Waals surface area (Å²) >= 11 is 6.03. The van der Waals surface area contributed by atoms with Crippen LogP contribution in [-0.2, 0) is 19.7 Å². The van der Waals surface area contributed by atoms with Crippen LogP contribution in [0.4, 0.5) is 0 Å². The fraction of sp³-hybridized carbons (Fsp3) is 0.500. The van der Waals surface area contributed by atoms with Gasteiger partial charge in [-0.15, -0.1) is 0 Å². The van der Waals surface area contributed by atoms with Crippen LogP contribution in [0, 0.1) is 0 Å². The summed E-state index contributed by atoms with van der Waals surface area (Å²) < 4.78 is 5.26. The Morgan fingerprint density at radius 1 is 1.32 bits per heavy atom. The van der Waals surface area contributed by atoms with Crippen molar-refractivity contribution in [2.24, 2.45) is 0 Å². The highest BCUT2D eigenvalue weighted by Gasteiger charge is 2.45. The number of carboxylic acids is 1. The lowest BCUT2D eigenvalue weighted by molar-refractivity contribution is -0.151. The number of rotatable bonds is 5. The van der Waals surface area contributed by atoms with Crippen molar-refractivity contribution in [2.45, 2.75) is 43.3 Å². The average Bonchev–Trinajstić information content (AvgIpc) is 3.11. The summed E-state index contributed by atoms with van der Waals surface area (Å²) in [4.78, 5) is 23.0. The lowest BCUT2D eigenvalue weighted by Gasteiger charge is -2.18. The van der Waals surface area contributed by atoms with Gasteiger partial charge in [-0.3, -0.25) is 4.79 Å². The molecule has 0 unspecified atom stereocenters. The van der Waals surface area contributed by atoms with Crippen molar-refractivity contribution < 1.29 is 19.4 Å². The van der Waals surface area contributed by atoms with Gasteiger partial charge in [-0.05, 0) is 43.4 Å². The minimum atomic E-state index is -1.01. The highest BCUT2D eigenvalue weighted by molar-refractivity contribution is 6.30. The summed E-state index contributed by atoms with van der Waals surface area (Å²) in [6.45, 7) is 0.532. The first-order valence-corrected chi connectivity index (χ1v) is 7.80. The summed E-state index contributed by atoms with van der Waals surface area (Å²) in [5.41, 5.74) is 1.10. The van der Waals surface area contributed by atoms with Crippen LogP contribution in [0.25, 0.3) is 0 Å². The predicted molar refractivity (Wildman–Crippen MR) is 80.9 cm³/mol. The van der Waals surface area contributed by atoms with E-state index in [1.54, 1.807) is 0 Å². The van der Waals surface area contributed by atoms with E-state index in [1.807, 2.05) is 24.3 Å². The largest absolute Gasteiger partial charge is 0.479 e. The van der Waals surface area contributed by atoms with E-state index in [0.29, 0.717) is 24.4 Å². The molecule has 2 atom stereocenters. The average molecular weight is 324 g/mol. The fourth-order valence-electron chi connectivity index (χ4n) is 2.92. The number of nitrogens with one attached hydrogen (secondary N) is 1. The Morgan fingerprint density at radius 2 is 2.05 bits per heavy atom. The molecule has 2 fully saturated rings. The third-order valence-electron chi connectivity index (χ3n) is 4.48. The van der Waals surface area contributed by atoms with Crippen molar-refractivity contribution in [1.82, 2.24) is 5.32 Å². The molecule has 22 heavy (non-hydrogen) atoms. The molecule has 0 radical (unpaired) electrons. The number of hydrogen-bond acceptors (Lipinski definition) is 3. The molecule has 1 amide bonds. The number of carboxylic acid groups (broad SMARTS) is 1. The van der Waals surface area contributed by atoms with E-state index in [2.05, 4.69) is 5.32 Å². The maximum absolute atomic E-state index is 12.1. The molecule has 1 heterocycles. The van der Waals surface area contributed by atoms with Crippen LogP contribution in [0.5, 0.6) is 0 Å². The van der Waals surface area contributed by atoms with Gasteiger partial charge in [0.05, 0.1) is 0 Å². The molecule has 1 saturated heterocycles. The number of carbonyl (C=O) groups is 2. The molecule has 118 valence electrons. The van der Waals surface area contributed by atoms with Crippen LogP contribution < -0.4 is 5.32 Å². The smallest absolute Gasteiger partial charge is 0.332 e. The molecular formula is C16H18ClNO4. The molecule has 6 heteroatoms. The molecule has 1 aromatic rings. The van der Waals surface area contributed by atoms with Gasteiger partial charge in [0.2, 0.25) is 5.91 Å². The van der Waals surface area contributed by atoms with Gasteiger partial charge in [0, 0.05) is 17.0 Å². The number of amides is 1. The van der Waals surface area contributed by atoms with E-state index >= 15 is 0 Å². The molecule has 3 rings (SSSR count). The molecule has 0 spiro atoms. The van der Waals surface area contributed by atoms with Crippen molar-refractivity contribution in [1.29, 1.82) is 0 Å². The van der Waals surface area contributed by atoms with Crippen LogP contribution in [0.1, 0.15) is 31.2 Å². The number of carbonyl (C=O) groups excluding carboxylic acids is 1. The zero-order chi connectivity index (χ0) is 15.7. The molecule has 0 bridgehead atoms. The Morgan fingerprint density at radius 3 is 2.64 bits per heavy atom. The maximum atomic E-state index is 12.1. The van der Waals surface area contributed by atoms with E-state index in [-0.39, 0.29) is 11.3 Å². The fourth-order valence-corrected chi connectivity index (χ4v) is 3.11. The van der Waals surface area contributed by atoms with Crippen LogP contribution in [0.2, 0.25) is 5.02 Å². The molecule has 2 aliphatic rings. The Balaban J connectivity index is 1.56. The van der Waals surface area contributed by atoms with Gasteiger partial charge in [-0.1, -0.05) is 23.7 Å². The van der Waals surface area contributed by atoms with Crippen LogP contribution in [0.3, 0.4) is 0 Å². The van der Waals surface area contributed by atoms with E-state index in [1.165, 1.54) is 0 Å². The molecule has 1 aliphatic carbocycles. The first-order chi connectivity index (χ1) is 10.5. The molecule has 1 saturated carbocycles. The second-order valence-corrected chi connectivity index (χ2v) is 6.47. The monoisotopic (exact) mass is 323 g/mol. The quantitative estimate of drug-likeness (QED) is 0.870. The van der Waals surface area contributed by atoms with Gasteiger partial charge in [-0.2, -0.15) is 0 Å². The topological polar surface area (TPSA) is 75.6 Å². The lowest BCUT2D eigenvalue weighted by atomic mass is 9.96. The van der Waals surface area contributed by atoms with Crippen LogP contribution in [-0.4, -0.2) is 35.7 Å².